The maximum Gasteiger partial charge on any atom is 0.0934 e. The Balaban J connectivity index is 2.00. The van der Waals surface area contributed by atoms with Crippen LogP contribution in [0, 0.1) is 0 Å². The first-order valence-electron chi connectivity index (χ1n) is 6.11. The number of benzene rings is 2. The Kier molecular flexibility index (Phi) is 3.10. The predicted molar refractivity (Wildman–Crippen MR) is 80.4 cm³/mol. The third-order valence-electron chi connectivity index (χ3n) is 3.08. The Morgan fingerprint density at radius 2 is 1.84 bits per heavy atom. The summed E-state index contributed by atoms with van der Waals surface area (Å²) in [7, 11) is 0. The van der Waals surface area contributed by atoms with Crippen LogP contribution in [-0.2, 0) is 6.42 Å². The van der Waals surface area contributed by atoms with E-state index in [9.17, 15) is 0 Å². The second-order valence-corrected chi connectivity index (χ2v) is 4.96. The van der Waals surface area contributed by atoms with Crippen LogP contribution >= 0.6 is 11.6 Å². The maximum atomic E-state index is 5.99. The van der Waals surface area contributed by atoms with Crippen LogP contribution < -0.4 is 5.73 Å². The highest BCUT2D eigenvalue weighted by Crippen LogP contribution is 2.20. The van der Waals surface area contributed by atoms with Gasteiger partial charge in [-0.1, -0.05) is 41.9 Å². The zero-order chi connectivity index (χ0) is 13.2. The van der Waals surface area contributed by atoms with Gasteiger partial charge in [0.25, 0.3) is 0 Å². The van der Waals surface area contributed by atoms with Crippen molar-refractivity contribution in [3.63, 3.8) is 0 Å². The highest BCUT2D eigenvalue weighted by molar-refractivity contribution is 6.30. The molecule has 0 aliphatic heterocycles. The lowest BCUT2D eigenvalue weighted by molar-refractivity contribution is 1.10. The summed E-state index contributed by atoms with van der Waals surface area (Å²) < 4.78 is 0. The van der Waals surface area contributed by atoms with Gasteiger partial charge in [0, 0.05) is 22.5 Å². The number of nitrogens with zero attached hydrogens (tertiary/aromatic N) is 1. The van der Waals surface area contributed by atoms with Crippen LogP contribution in [0.1, 0.15) is 11.3 Å². The molecule has 0 saturated heterocycles. The van der Waals surface area contributed by atoms with E-state index < -0.39 is 0 Å². The number of hydrogen-bond donors (Lipinski definition) is 1. The van der Waals surface area contributed by atoms with E-state index in [1.54, 1.807) is 0 Å². The summed E-state index contributed by atoms with van der Waals surface area (Å²) in [5, 5.41) is 1.81. The zero-order valence-corrected chi connectivity index (χ0v) is 11.1. The number of nitrogen functional groups attached to an aromatic ring is 1. The molecule has 0 bridgehead atoms. The number of halogens is 1. The molecule has 0 spiro atoms. The molecule has 2 nitrogen and oxygen atoms in total. The van der Waals surface area contributed by atoms with Crippen LogP contribution in [0.3, 0.4) is 0 Å². The third-order valence-corrected chi connectivity index (χ3v) is 3.32. The molecule has 0 aliphatic carbocycles. The van der Waals surface area contributed by atoms with Gasteiger partial charge in [-0.05, 0) is 29.8 Å². The van der Waals surface area contributed by atoms with E-state index in [0.717, 1.165) is 33.6 Å². The van der Waals surface area contributed by atoms with Gasteiger partial charge in [-0.25, -0.2) is 0 Å². The van der Waals surface area contributed by atoms with Crippen LogP contribution in [0.2, 0.25) is 5.02 Å². The fourth-order valence-corrected chi connectivity index (χ4v) is 2.38. The van der Waals surface area contributed by atoms with Gasteiger partial charge < -0.3 is 5.73 Å². The smallest absolute Gasteiger partial charge is 0.0934 e. The minimum Gasteiger partial charge on any atom is -0.397 e. The molecule has 2 N–H and O–H groups in total. The monoisotopic (exact) mass is 268 g/mol. The molecule has 1 aromatic heterocycles. The molecular formula is C16H13ClN2. The topological polar surface area (TPSA) is 38.9 Å². The van der Waals surface area contributed by atoms with Gasteiger partial charge in [-0.2, -0.15) is 0 Å². The number of pyridine rings is 1. The number of anilines is 1. The lowest BCUT2D eigenvalue weighted by Gasteiger charge is -2.05. The quantitative estimate of drug-likeness (QED) is 0.712. The minimum atomic E-state index is 0.713. The SMILES string of the molecule is Nc1cccc2ccc(Cc3cccc(Cl)c3)nc12. The normalized spacial score (nSPS) is 10.8. The minimum absolute atomic E-state index is 0.713. The zero-order valence-electron chi connectivity index (χ0n) is 10.3. The highest BCUT2D eigenvalue weighted by atomic mass is 35.5. The van der Waals surface area contributed by atoms with E-state index in [0.29, 0.717) is 5.69 Å². The Labute approximate surface area is 116 Å². The van der Waals surface area contributed by atoms with E-state index in [2.05, 4.69) is 11.1 Å². The van der Waals surface area contributed by atoms with Gasteiger partial charge >= 0.3 is 0 Å². The predicted octanol–water partition coefficient (Wildman–Crippen LogP) is 4.06. The molecule has 0 saturated carbocycles. The second kappa shape index (κ2) is 4.90. The summed E-state index contributed by atoms with van der Waals surface area (Å²) in [6.45, 7) is 0. The first-order valence-corrected chi connectivity index (χ1v) is 6.49. The fraction of sp³-hybridized carbons (Fsp3) is 0.0625. The number of aromatic nitrogens is 1. The lowest BCUT2D eigenvalue weighted by Crippen LogP contribution is -1.95. The van der Waals surface area contributed by atoms with Crippen LogP contribution in [0.5, 0.6) is 0 Å². The molecule has 1 heterocycles. The molecule has 0 fully saturated rings. The largest absolute Gasteiger partial charge is 0.397 e. The third kappa shape index (κ3) is 2.54. The molecule has 0 aliphatic rings. The molecule has 3 heteroatoms. The second-order valence-electron chi connectivity index (χ2n) is 4.53. The van der Waals surface area contributed by atoms with Gasteiger partial charge in [-0.3, -0.25) is 4.98 Å². The fourth-order valence-electron chi connectivity index (χ4n) is 2.16. The molecule has 0 unspecified atom stereocenters. The van der Waals surface area contributed by atoms with Gasteiger partial charge in [0.1, 0.15) is 0 Å². The number of para-hydroxylation sites is 1. The lowest BCUT2D eigenvalue weighted by atomic mass is 10.1. The van der Waals surface area contributed by atoms with Gasteiger partial charge in [-0.15, -0.1) is 0 Å². The molecule has 0 amide bonds. The van der Waals surface area contributed by atoms with Crippen LogP contribution in [0.4, 0.5) is 5.69 Å². The van der Waals surface area contributed by atoms with Crippen molar-refractivity contribution in [3.8, 4) is 0 Å². The summed E-state index contributed by atoms with van der Waals surface area (Å²) in [5.41, 5.74) is 9.68. The summed E-state index contributed by atoms with van der Waals surface area (Å²) in [6.07, 6.45) is 0.755. The van der Waals surface area contributed by atoms with Crippen LogP contribution in [0.25, 0.3) is 10.9 Å². The average molecular weight is 269 g/mol. The van der Waals surface area contributed by atoms with E-state index in [4.69, 9.17) is 17.3 Å². The Hall–Kier alpha value is -2.06. The highest BCUT2D eigenvalue weighted by Gasteiger charge is 2.03. The Morgan fingerprint density at radius 3 is 2.68 bits per heavy atom. The van der Waals surface area contributed by atoms with E-state index in [1.807, 2.05) is 48.5 Å². The van der Waals surface area contributed by atoms with E-state index in [1.165, 1.54) is 0 Å². The van der Waals surface area contributed by atoms with E-state index in [-0.39, 0.29) is 0 Å². The number of nitrogens with two attached hydrogens (primary N) is 1. The summed E-state index contributed by atoms with van der Waals surface area (Å²) in [4.78, 5) is 4.63. The van der Waals surface area contributed by atoms with Gasteiger partial charge in [0.05, 0.1) is 11.2 Å². The first kappa shape index (κ1) is 12.0. The molecule has 2 aromatic carbocycles. The number of fused-ring (bicyclic) bond motifs is 1. The van der Waals surface area contributed by atoms with Crippen molar-refractivity contribution >= 4 is 28.2 Å². The van der Waals surface area contributed by atoms with Crippen molar-refractivity contribution in [1.82, 2.24) is 4.98 Å². The molecule has 3 aromatic rings. The van der Waals surface area contributed by atoms with Crippen molar-refractivity contribution in [2.75, 3.05) is 5.73 Å². The molecule has 19 heavy (non-hydrogen) atoms. The summed E-state index contributed by atoms with van der Waals surface area (Å²) in [6, 6.07) is 17.7. The molecule has 3 rings (SSSR count). The van der Waals surface area contributed by atoms with Gasteiger partial charge in [0.15, 0.2) is 0 Å². The van der Waals surface area contributed by atoms with Crippen molar-refractivity contribution in [3.05, 3.63) is 70.9 Å². The van der Waals surface area contributed by atoms with E-state index >= 15 is 0 Å². The first-order chi connectivity index (χ1) is 9.22. The number of hydrogen-bond acceptors (Lipinski definition) is 2. The average Bonchev–Trinajstić information content (AvgIpc) is 2.40. The molecule has 0 radical (unpaired) electrons. The number of rotatable bonds is 2. The Bertz CT molecular complexity index is 738. The van der Waals surface area contributed by atoms with Crippen LogP contribution in [-0.4, -0.2) is 4.98 Å². The van der Waals surface area contributed by atoms with Crippen molar-refractivity contribution in [2.24, 2.45) is 0 Å². The molecule has 0 atom stereocenters. The summed E-state index contributed by atoms with van der Waals surface area (Å²) >= 11 is 5.99. The summed E-state index contributed by atoms with van der Waals surface area (Å²) in [5.74, 6) is 0. The Morgan fingerprint density at radius 1 is 1.00 bits per heavy atom. The molecular weight excluding hydrogens is 256 g/mol. The van der Waals surface area contributed by atoms with Gasteiger partial charge in [0.2, 0.25) is 0 Å². The maximum absolute atomic E-state index is 5.99. The van der Waals surface area contributed by atoms with Crippen molar-refractivity contribution in [2.45, 2.75) is 6.42 Å². The van der Waals surface area contributed by atoms with Crippen molar-refractivity contribution < 1.29 is 0 Å². The van der Waals surface area contributed by atoms with Crippen molar-refractivity contribution in [1.29, 1.82) is 0 Å². The van der Waals surface area contributed by atoms with Crippen LogP contribution in [0.15, 0.2) is 54.6 Å². The standard InChI is InChI=1S/C16H13ClN2/c17-13-5-1-3-11(9-13)10-14-8-7-12-4-2-6-15(18)16(12)19-14/h1-9H,10,18H2. The molecule has 94 valence electrons.